The Kier molecular flexibility index (Phi) is 3.13. The van der Waals surface area contributed by atoms with Gasteiger partial charge in [-0.1, -0.05) is 30.3 Å². The van der Waals surface area contributed by atoms with Gasteiger partial charge in [0.2, 0.25) is 5.91 Å². The van der Waals surface area contributed by atoms with Crippen LogP contribution >= 0.6 is 0 Å². The smallest absolute Gasteiger partial charge is 0.222 e. The van der Waals surface area contributed by atoms with Crippen LogP contribution in [0.3, 0.4) is 0 Å². The zero-order valence-electron chi connectivity index (χ0n) is 11.4. The zero-order valence-corrected chi connectivity index (χ0v) is 11.4. The van der Waals surface area contributed by atoms with Crippen LogP contribution < -0.4 is 5.32 Å². The number of amides is 1. The Hall–Kier alpha value is -3.13. The van der Waals surface area contributed by atoms with Gasteiger partial charge in [0, 0.05) is 24.9 Å². The van der Waals surface area contributed by atoms with Crippen molar-refractivity contribution in [3.05, 3.63) is 54.4 Å². The number of pyridine rings is 1. The molecule has 0 saturated heterocycles. The molecule has 2 aromatic heterocycles. The maximum atomic E-state index is 11.4. The first-order valence-corrected chi connectivity index (χ1v) is 6.44. The summed E-state index contributed by atoms with van der Waals surface area (Å²) in [7, 11) is 0. The molecule has 102 valence electrons. The molecule has 0 unspecified atom stereocenters. The van der Waals surface area contributed by atoms with Crippen molar-refractivity contribution < 1.29 is 4.79 Å². The van der Waals surface area contributed by atoms with E-state index in [-0.39, 0.29) is 5.91 Å². The van der Waals surface area contributed by atoms with Gasteiger partial charge in [-0.15, -0.1) is 0 Å². The van der Waals surface area contributed by atoms with E-state index in [1.54, 1.807) is 16.8 Å². The van der Waals surface area contributed by atoms with Crippen LogP contribution in [0, 0.1) is 11.3 Å². The van der Waals surface area contributed by atoms with Gasteiger partial charge in [-0.2, -0.15) is 5.26 Å². The van der Waals surface area contributed by atoms with Crippen molar-refractivity contribution >= 4 is 17.4 Å². The number of anilines is 1. The summed E-state index contributed by atoms with van der Waals surface area (Å²) >= 11 is 0. The van der Waals surface area contributed by atoms with E-state index in [2.05, 4.69) is 16.4 Å². The number of hydrogen-bond donors (Lipinski definition) is 1. The highest BCUT2D eigenvalue weighted by Gasteiger charge is 2.16. The highest BCUT2D eigenvalue weighted by Crippen LogP contribution is 2.30. The van der Waals surface area contributed by atoms with Crippen molar-refractivity contribution in [2.75, 3.05) is 5.32 Å². The predicted molar refractivity (Wildman–Crippen MR) is 79.6 cm³/mol. The van der Waals surface area contributed by atoms with Gasteiger partial charge in [0.1, 0.15) is 23.1 Å². The van der Waals surface area contributed by atoms with E-state index in [0.29, 0.717) is 17.0 Å². The maximum Gasteiger partial charge on any atom is 0.222 e. The van der Waals surface area contributed by atoms with Crippen molar-refractivity contribution in [1.82, 2.24) is 9.38 Å². The molecule has 1 aromatic carbocycles. The molecule has 2 heterocycles. The van der Waals surface area contributed by atoms with E-state index >= 15 is 0 Å². The van der Waals surface area contributed by atoms with Crippen LogP contribution in [0.1, 0.15) is 12.5 Å². The van der Waals surface area contributed by atoms with Gasteiger partial charge in [-0.3, -0.25) is 9.20 Å². The maximum absolute atomic E-state index is 11.4. The third-order valence-electron chi connectivity index (χ3n) is 3.18. The van der Waals surface area contributed by atoms with E-state index in [0.717, 1.165) is 11.1 Å². The first-order valence-electron chi connectivity index (χ1n) is 6.44. The van der Waals surface area contributed by atoms with Gasteiger partial charge in [-0.25, -0.2) is 4.98 Å². The molecule has 0 aliphatic rings. The fourth-order valence-corrected chi connectivity index (χ4v) is 2.31. The summed E-state index contributed by atoms with van der Waals surface area (Å²) in [6.07, 6.45) is 3.35. The van der Waals surface area contributed by atoms with Gasteiger partial charge in [0.25, 0.3) is 0 Å². The van der Waals surface area contributed by atoms with Crippen molar-refractivity contribution in [2.45, 2.75) is 6.92 Å². The molecule has 21 heavy (non-hydrogen) atoms. The third kappa shape index (κ3) is 2.23. The number of fused-ring (bicyclic) bond motifs is 1. The standard InChI is InChI=1S/C16H12N4O/c1-11(21)19-16-14(10-17)13(12-5-3-2-4-6-12)9-15-18-7-8-20(15)16/h2-9H,1H3,(H,19,21). The first kappa shape index (κ1) is 12.9. The molecular weight excluding hydrogens is 264 g/mol. The zero-order chi connectivity index (χ0) is 14.8. The molecule has 0 saturated carbocycles. The van der Waals surface area contributed by atoms with Crippen molar-refractivity contribution in [1.29, 1.82) is 5.26 Å². The summed E-state index contributed by atoms with van der Waals surface area (Å²) < 4.78 is 1.70. The van der Waals surface area contributed by atoms with E-state index < -0.39 is 0 Å². The number of nitriles is 1. The molecule has 3 rings (SSSR count). The lowest BCUT2D eigenvalue weighted by molar-refractivity contribution is -0.114. The number of nitrogens with one attached hydrogen (secondary N) is 1. The third-order valence-corrected chi connectivity index (χ3v) is 3.18. The molecule has 1 N–H and O–H groups in total. The van der Waals surface area contributed by atoms with Crippen molar-refractivity contribution in [3.63, 3.8) is 0 Å². The minimum atomic E-state index is -0.230. The topological polar surface area (TPSA) is 70.2 Å². The van der Waals surface area contributed by atoms with Crippen LogP contribution in [0.15, 0.2) is 48.8 Å². The number of nitrogens with zero attached hydrogens (tertiary/aromatic N) is 3. The van der Waals surface area contributed by atoms with Gasteiger partial charge >= 0.3 is 0 Å². The number of imidazole rings is 1. The molecule has 5 nitrogen and oxygen atoms in total. The minimum Gasteiger partial charge on any atom is -0.311 e. The largest absolute Gasteiger partial charge is 0.311 e. The van der Waals surface area contributed by atoms with E-state index in [1.807, 2.05) is 36.4 Å². The summed E-state index contributed by atoms with van der Waals surface area (Å²) in [6.45, 7) is 1.42. The molecule has 0 fully saturated rings. The number of carbonyl (C=O) groups is 1. The number of hydrogen-bond acceptors (Lipinski definition) is 3. The minimum absolute atomic E-state index is 0.230. The second-order valence-corrected chi connectivity index (χ2v) is 4.60. The highest BCUT2D eigenvalue weighted by molar-refractivity contribution is 5.92. The highest BCUT2D eigenvalue weighted by atomic mass is 16.1. The van der Waals surface area contributed by atoms with Crippen molar-refractivity contribution in [2.24, 2.45) is 0 Å². The molecule has 3 aromatic rings. The quantitative estimate of drug-likeness (QED) is 0.782. The normalized spacial score (nSPS) is 10.3. The molecule has 0 bridgehead atoms. The molecule has 5 heteroatoms. The Bertz CT molecular complexity index is 859. The summed E-state index contributed by atoms with van der Waals surface area (Å²) in [5.41, 5.74) is 2.75. The Morgan fingerprint density at radius 2 is 2.10 bits per heavy atom. The summed E-state index contributed by atoms with van der Waals surface area (Å²) in [5, 5.41) is 12.3. The second-order valence-electron chi connectivity index (χ2n) is 4.60. The summed E-state index contributed by atoms with van der Waals surface area (Å²) in [5.74, 6) is 0.213. The van der Waals surface area contributed by atoms with Crippen molar-refractivity contribution in [3.8, 4) is 17.2 Å². The van der Waals surface area contributed by atoms with E-state index in [4.69, 9.17) is 0 Å². The second kappa shape index (κ2) is 5.10. The molecule has 0 spiro atoms. The van der Waals surface area contributed by atoms with Crippen LogP contribution in [0.4, 0.5) is 5.82 Å². The fraction of sp³-hybridized carbons (Fsp3) is 0.0625. The number of rotatable bonds is 2. The first-order chi connectivity index (χ1) is 10.2. The van der Waals surface area contributed by atoms with Crippen LogP contribution in [-0.2, 0) is 4.79 Å². The Morgan fingerprint density at radius 1 is 1.33 bits per heavy atom. The van der Waals surface area contributed by atoms with Gasteiger partial charge < -0.3 is 5.32 Å². The molecule has 0 atom stereocenters. The summed E-state index contributed by atoms with van der Waals surface area (Å²) in [4.78, 5) is 15.7. The molecule has 0 aliphatic carbocycles. The predicted octanol–water partition coefficient (Wildman–Crippen LogP) is 2.83. The average Bonchev–Trinajstić information content (AvgIpc) is 2.95. The number of aromatic nitrogens is 2. The molecule has 1 amide bonds. The van der Waals surface area contributed by atoms with Gasteiger partial charge in [-0.05, 0) is 11.6 Å². The Labute approximate surface area is 121 Å². The summed E-state index contributed by atoms with van der Waals surface area (Å²) in [6, 6.07) is 13.6. The number of carbonyl (C=O) groups excluding carboxylic acids is 1. The van der Waals surface area contributed by atoms with Crippen LogP contribution in [0.2, 0.25) is 0 Å². The monoisotopic (exact) mass is 276 g/mol. The SMILES string of the molecule is CC(=O)Nc1c(C#N)c(-c2ccccc2)cc2nccn12. The lowest BCUT2D eigenvalue weighted by atomic mass is 10.0. The Morgan fingerprint density at radius 3 is 2.76 bits per heavy atom. The van der Waals surface area contributed by atoms with Crippen LogP contribution in [0.5, 0.6) is 0 Å². The number of benzene rings is 1. The fourth-order valence-electron chi connectivity index (χ4n) is 2.31. The van der Waals surface area contributed by atoms with Crippen LogP contribution in [0.25, 0.3) is 16.8 Å². The van der Waals surface area contributed by atoms with Gasteiger partial charge in [0.05, 0.1) is 0 Å². The lowest BCUT2D eigenvalue weighted by Crippen LogP contribution is -2.12. The average molecular weight is 276 g/mol. The molecular formula is C16H12N4O. The van der Waals surface area contributed by atoms with Gasteiger partial charge in [0.15, 0.2) is 0 Å². The Balaban J connectivity index is 2.35. The lowest BCUT2D eigenvalue weighted by Gasteiger charge is -2.12. The van der Waals surface area contributed by atoms with E-state index in [1.165, 1.54) is 6.92 Å². The molecule has 0 radical (unpaired) electrons. The van der Waals surface area contributed by atoms with Crippen LogP contribution in [-0.4, -0.2) is 15.3 Å². The van der Waals surface area contributed by atoms with E-state index in [9.17, 15) is 10.1 Å². The molecule has 0 aliphatic heterocycles.